The van der Waals surface area contributed by atoms with Gasteiger partial charge >= 0.3 is 6.09 Å². The van der Waals surface area contributed by atoms with E-state index < -0.39 is 28.9 Å². The van der Waals surface area contributed by atoms with Crippen LogP contribution in [0.4, 0.5) is 4.79 Å². The van der Waals surface area contributed by atoms with Gasteiger partial charge in [-0.05, 0) is 57.9 Å². The Labute approximate surface area is 194 Å². The third-order valence-electron chi connectivity index (χ3n) is 6.51. The van der Waals surface area contributed by atoms with Crippen LogP contribution in [0.25, 0.3) is 0 Å². The van der Waals surface area contributed by atoms with Crippen molar-refractivity contribution in [3.63, 3.8) is 0 Å². The Bertz CT molecular complexity index is 1010. The van der Waals surface area contributed by atoms with Crippen molar-refractivity contribution in [2.24, 2.45) is 16.3 Å². The molecule has 1 fully saturated rings. The molecule has 3 aliphatic rings. The van der Waals surface area contributed by atoms with Gasteiger partial charge in [-0.2, -0.15) is 0 Å². The molecule has 176 valence electrons. The van der Waals surface area contributed by atoms with E-state index in [1.807, 2.05) is 64.1 Å². The van der Waals surface area contributed by atoms with Gasteiger partial charge in [0.1, 0.15) is 5.60 Å². The van der Waals surface area contributed by atoms with Crippen molar-refractivity contribution in [1.29, 1.82) is 0 Å². The molecule has 1 saturated heterocycles. The summed E-state index contributed by atoms with van der Waals surface area (Å²) >= 11 is 0. The second kappa shape index (κ2) is 8.54. The van der Waals surface area contributed by atoms with Gasteiger partial charge < -0.3 is 19.5 Å². The number of nitrogens with zero attached hydrogens (tertiary/aromatic N) is 1. The largest absolute Gasteiger partial charge is 0.444 e. The van der Waals surface area contributed by atoms with Crippen LogP contribution in [0.15, 0.2) is 59.1 Å². The number of aliphatic imine (C=N–C) groups is 1. The maximum Gasteiger partial charge on any atom is 0.408 e. The van der Waals surface area contributed by atoms with E-state index in [0.717, 1.165) is 5.57 Å². The Morgan fingerprint density at radius 2 is 1.82 bits per heavy atom. The number of amides is 2. The fourth-order valence-corrected chi connectivity index (χ4v) is 5.21. The van der Waals surface area contributed by atoms with E-state index in [-0.39, 0.29) is 11.8 Å². The number of benzene rings is 1. The highest BCUT2D eigenvalue weighted by atomic mass is 16.7. The third-order valence-corrected chi connectivity index (χ3v) is 6.51. The lowest BCUT2D eigenvalue weighted by Gasteiger charge is -2.55. The summed E-state index contributed by atoms with van der Waals surface area (Å²) in [7, 11) is 0. The SMILES string of the molecule is CC1=CC(=NC(=O)c2ccccc2)[C@@H]2[C@H](NC(=O)OC(C)(C)C)C=CC[C@]2(C)C12OCCO2. The number of alkyl carbamates (subject to hydrolysis) is 1. The molecule has 1 aromatic rings. The van der Waals surface area contributed by atoms with Crippen molar-refractivity contribution in [1.82, 2.24) is 5.32 Å². The normalized spacial score (nSPS) is 29.5. The Kier molecular flexibility index (Phi) is 6.05. The molecule has 0 bridgehead atoms. The smallest absolute Gasteiger partial charge is 0.408 e. The second-order valence-corrected chi connectivity index (χ2v) is 10.0. The van der Waals surface area contributed by atoms with Crippen molar-refractivity contribution in [3.05, 3.63) is 59.7 Å². The highest BCUT2D eigenvalue weighted by Gasteiger charge is 2.63. The molecule has 0 radical (unpaired) electrons. The lowest BCUT2D eigenvalue weighted by atomic mass is 9.57. The van der Waals surface area contributed by atoms with E-state index in [1.165, 1.54) is 0 Å². The minimum atomic E-state index is -0.939. The number of carbonyl (C=O) groups is 2. The lowest BCUT2D eigenvalue weighted by molar-refractivity contribution is -0.219. The van der Waals surface area contributed by atoms with Crippen molar-refractivity contribution in [2.75, 3.05) is 13.2 Å². The van der Waals surface area contributed by atoms with Crippen molar-refractivity contribution in [2.45, 2.75) is 58.5 Å². The highest BCUT2D eigenvalue weighted by molar-refractivity contribution is 6.10. The van der Waals surface area contributed by atoms with Crippen molar-refractivity contribution >= 4 is 17.7 Å². The Hall–Kier alpha value is -2.77. The maximum absolute atomic E-state index is 13.0. The second-order valence-electron chi connectivity index (χ2n) is 10.0. The first kappa shape index (κ1) is 23.4. The van der Waals surface area contributed by atoms with Crippen LogP contribution in [0.5, 0.6) is 0 Å². The summed E-state index contributed by atoms with van der Waals surface area (Å²) < 4.78 is 18.0. The van der Waals surface area contributed by atoms with Crippen LogP contribution in [-0.4, -0.2) is 48.4 Å². The number of fused-ring (bicyclic) bond motifs is 2. The average Bonchev–Trinajstić information content (AvgIpc) is 3.23. The zero-order chi connectivity index (χ0) is 23.9. The predicted octanol–water partition coefficient (Wildman–Crippen LogP) is 4.45. The molecule has 1 aliphatic heterocycles. The van der Waals surface area contributed by atoms with E-state index in [4.69, 9.17) is 14.2 Å². The number of allylic oxidation sites excluding steroid dienone is 2. The molecule has 7 heteroatoms. The molecule has 1 N–H and O–H groups in total. The van der Waals surface area contributed by atoms with E-state index >= 15 is 0 Å². The summed E-state index contributed by atoms with van der Waals surface area (Å²) in [6, 6.07) is 8.52. The van der Waals surface area contributed by atoms with Crippen LogP contribution in [0.2, 0.25) is 0 Å². The lowest BCUT2D eigenvalue weighted by Crippen LogP contribution is -2.63. The van der Waals surface area contributed by atoms with Crippen LogP contribution in [0.1, 0.15) is 51.4 Å². The van der Waals surface area contributed by atoms with Crippen molar-refractivity contribution in [3.8, 4) is 0 Å². The van der Waals surface area contributed by atoms with Crippen LogP contribution in [0, 0.1) is 11.3 Å². The summed E-state index contributed by atoms with van der Waals surface area (Å²) in [6.45, 7) is 10.5. The molecule has 3 atom stereocenters. The molecule has 1 aromatic carbocycles. The van der Waals surface area contributed by atoms with Crippen LogP contribution < -0.4 is 5.32 Å². The molecule has 33 heavy (non-hydrogen) atoms. The monoisotopic (exact) mass is 452 g/mol. The van der Waals surface area contributed by atoms with Gasteiger partial charge in [-0.1, -0.05) is 37.3 Å². The van der Waals surface area contributed by atoms with E-state index in [1.54, 1.807) is 12.1 Å². The number of ether oxygens (including phenoxy) is 3. The number of nitrogens with one attached hydrogen (secondary N) is 1. The Morgan fingerprint density at radius 1 is 1.15 bits per heavy atom. The number of hydrogen-bond acceptors (Lipinski definition) is 5. The van der Waals surface area contributed by atoms with Crippen LogP contribution in [0.3, 0.4) is 0 Å². The van der Waals surface area contributed by atoms with Gasteiger partial charge in [-0.25, -0.2) is 9.79 Å². The first-order valence-electron chi connectivity index (χ1n) is 11.4. The molecule has 4 rings (SSSR count). The Balaban J connectivity index is 1.77. The van der Waals surface area contributed by atoms with E-state index in [2.05, 4.69) is 17.2 Å². The maximum atomic E-state index is 13.0. The number of carbonyl (C=O) groups excluding carboxylic acids is 2. The Morgan fingerprint density at radius 3 is 2.45 bits per heavy atom. The molecule has 1 heterocycles. The minimum Gasteiger partial charge on any atom is -0.444 e. The standard InChI is InChI=1S/C26H32N2O5/c1-17-16-20(27-22(29)18-10-7-6-8-11-18)21-19(28-23(30)33-24(2,3)4)12-9-13-25(21,5)26(17)31-14-15-32-26/h6-12,16,19,21H,13-15H2,1-5H3,(H,28,30)/t19-,21+,25+/m1/s1. The van der Waals surface area contributed by atoms with Crippen LogP contribution in [-0.2, 0) is 14.2 Å². The predicted molar refractivity (Wildman–Crippen MR) is 125 cm³/mol. The van der Waals surface area contributed by atoms with Gasteiger partial charge in [0.15, 0.2) is 5.79 Å². The van der Waals surface area contributed by atoms with Gasteiger partial charge in [0.25, 0.3) is 5.91 Å². The number of rotatable bonds is 2. The molecule has 1 spiro atoms. The fourth-order valence-electron chi connectivity index (χ4n) is 5.21. The summed E-state index contributed by atoms with van der Waals surface area (Å²) in [6.07, 6.45) is 5.97. The number of hydrogen-bond donors (Lipinski definition) is 1. The average molecular weight is 453 g/mol. The molecule has 0 aromatic heterocycles. The molecule has 2 aliphatic carbocycles. The van der Waals surface area contributed by atoms with Gasteiger partial charge in [-0.3, -0.25) is 4.79 Å². The zero-order valence-electron chi connectivity index (χ0n) is 19.9. The van der Waals surface area contributed by atoms with Gasteiger partial charge in [-0.15, -0.1) is 0 Å². The summed E-state index contributed by atoms with van der Waals surface area (Å²) in [5, 5.41) is 2.98. The molecule has 7 nitrogen and oxygen atoms in total. The fraction of sp³-hybridized carbons (Fsp3) is 0.500. The summed E-state index contributed by atoms with van der Waals surface area (Å²) in [4.78, 5) is 30.2. The van der Waals surface area contributed by atoms with Crippen molar-refractivity contribution < 1.29 is 23.8 Å². The minimum absolute atomic E-state index is 0.327. The molecular weight excluding hydrogens is 420 g/mol. The molecule has 0 saturated carbocycles. The van der Waals surface area contributed by atoms with E-state index in [9.17, 15) is 9.59 Å². The quantitative estimate of drug-likeness (QED) is 0.670. The van der Waals surface area contributed by atoms with Gasteiger partial charge in [0, 0.05) is 16.9 Å². The zero-order valence-corrected chi connectivity index (χ0v) is 19.9. The van der Waals surface area contributed by atoms with E-state index in [0.29, 0.717) is 30.9 Å². The van der Waals surface area contributed by atoms with Crippen LogP contribution >= 0.6 is 0 Å². The molecular formula is C26H32N2O5. The third kappa shape index (κ3) is 4.27. The molecule has 0 unspecified atom stereocenters. The first-order valence-corrected chi connectivity index (χ1v) is 11.4. The van der Waals surface area contributed by atoms with Gasteiger partial charge in [0.2, 0.25) is 0 Å². The molecule has 2 amide bonds. The first-order chi connectivity index (χ1) is 15.6. The van der Waals surface area contributed by atoms with Gasteiger partial charge in [0.05, 0.1) is 25.0 Å². The highest BCUT2D eigenvalue weighted by Crippen LogP contribution is 2.56. The summed E-state index contributed by atoms with van der Waals surface area (Å²) in [5.41, 5.74) is 0.749. The topological polar surface area (TPSA) is 86.2 Å². The summed E-state index contributed by atoms with van der Waals surface area (Å²) in [5.74, 6) is -1.62.